The van der Waals surface area contributed by atoms with Crippen molar-refractivity contribution in [3.63, 3.8) is 0 Å². The molecule has 0 amide bonds. The van der Waals surface area contributed by atoms with E-state index in [-0.39, 0.29) is 6.10 Å². The van der Waals surface area contributed by atoms with Crippen molar-refractivity contribution < 1.29 is 5.11 Å². The average molecular weight is 212 g/mol. The monoisotopic (exact) mass is 212 g/mol. The van der Waals surface area contributed by atoms with Gasteiger partial charge in [-0.3, -0.25) is 0 Å². The van der Waals surface area contributed by atoms with E-state index in [2.05, 4.69) is 42.5 Å². The van der Waals surface area contributed by atoms with E-state index in [0.717, 1.165) is 6.42 Å². The Morgan fingerprint density at radius 1 is 1.06 bits per heavy atom. The van der Waals surface area contributed by atoms with E-state index in [1.165, 1.54) is 29.2 Å². The fourth-order valence-electron chi connectivity index (χ4n) is 2.25. The molecule has 1 saturated carbocycles. The highest BCUT2D eigenvalue weighted by Gasteiger charge is 2.29. The highest BCUT2D eigenvalue weighted by molar-refractivity contribution is 5.82. The summed E-state index contributed by atoms with van der Waals surface area (Å²) >= 11 is 0. The van der Waals surface area contributed by atoms with Gasteiger partial charge in [-0.15, -0.1) is 0 Å². The molecule has 0 aliphatic heterocycles. The first-order valence-corrected chi connectivity index (χ1v) is 5.99. The van der Waals surface area contributed by atoms with Crippen LogP contribution in [-0.4, -0.2) is 11.2 Å². The molecular weight excluding hydrogens is 196 g/mol. The van der Waals surface area contributed by atoms with Gasteiger partial charge in [-0.1, -0.05) is 42.5 Å². The molecule has 0 spiro atoms. The summed E-state index contributed by atoms with van der Waals surface area (Å²) in [5.74, 6) is 0.562. The van der Waals surface area contributed by atoms with Crippen LogP contribution in [0.2, 0.25) is 0 Å². The largest absolute Gasteiger partial charge is 0.392 e. The van der Waals surface area contributed by atoms with Gasteiger partial charge < -0.3 is 5.11 Å². The molecule has 3 rings (SSSR count). The molecule has 1 unspecified atom stereocenters. The Morgan fingerprint density at radius 2 is 1.81 bits per heavy atom. The first-order chi connectivity index (χ1) is 7.83. The Hall–Kier alpha value is -1.34. The van der Waals surface area contributed by atoms with Crippen LogP contribution in [0.5, 0.6) is 0 Å². The molecule has 1 atom stereocenters. The molecule has 0 saturated heterocycles. The third kappa shape index (κ3) is 1.96. The van der Waals surface area contributed by atoms with E-state index < -0.39 is 0 Å². The Kier molecular flexibility index (Phi) is 2.41. The average Bonchev–Trinajstić information content (AvgIpc) is 3.12. The van der Waals surface area contributed by atoms with Crippen LogP contribution in [0.1, 0.15) is 18.4 Å². The lowest BCUT2D eigenvalue weighted by Crippen LogP contribution is -2.12. The summed E-state index contributed by atoms with van der Waals surface area (Å²) < 4.78 is 0. The first kappa shape index (κ1) is 9.86. The van der Waals surface area contributed by atoms with Gasteiger partial charge in [-0.05, 0) is 41.5 Å². The number of hydrogen-bond acceptors (Lipinski definition) is 1. The summed E-state index contributed by atoms with van der Waals surface area (Å²) in [5.41, 5.74) is 1.25. The maximum Gasteiger partial charge on any atom is 0.0608 e. The number of aliphatic hydroxyl groups is 1. The predicted molar refractivity (Wildman–Crippen MR) is 66.4 cm³/mol. The van der Waals surface area contributed by atoms with Crippen LogP contribution in [0.4, 0.5) is 0 Å². The van der Waals surface area contributed by atoms with Crippen LogP contribution >= 0.6 is 0 Å². The van der Waals surface area contributed by atoms with Gasteiger partial charge in [-0.25, -0.2) is 0 Å². The maximum absolute atomic E-state index is 9.91. The Morgan fingerprint density at radius 3 is 2.56 bits per heavy atom. The van der Waals surface area contributed by atoms with Gasteiger partial charge in [0.1, 0.15) is 0 Å². The summed E-state index contributed by atoms with van der Waals surface area (Å²) in [7, 11) is 0. The molecule has 1 nitrogen and oxygen atoms in total. The van der Waals surface area contributed by atoms with Crippen LogP contribution in [0.15, 0.2) is 42.5 Å². The van der Waals surface area contributed by atoms with Crippen LogP contribution in [0, 0.1) is 5.92 Å². The lowest BCUT2D eigenvalue weighted by Gasteiger charge is -2.09. The zero-order chi connectivity index (χ0) is 11.0. The number of benzene rings is 2. The topological polar surface area (TPSA) is 20.2 Å². The second kappa shape index (κ2) is 3.91. The third-order valence-corrected chi connectivity index (χ3v) is 3.42. The lowest BCUT2D eigenvalue weighted by molar-refractivity contribution is 0.151. The minimum atomic E-state index is -0.138. The molecule has 0 radical (unpaired) electrons. The van der Waals surface area contributed by atoms with Crippen molar-refractivity contribution in [2.45, 2.75) is 25.4 Å². The van der Waals surface area contributed by atoms with Crippen molar-refractivity contribution in [1.29, 1.82) is 0 Å². The fourth-order valence-corrected chi connectivity index (χ4v) is 2.25. The number of rotatable bonds is 3. The number of hydrogen-bond donors (Lipinski definition) is 1. The van der Waals surface area contributed by atoms with Gasteiger partial charge in [0.2, 0.25) is 0 Å². The second-order valence-corrected chi connectivity index (χ2v) is 4.79. The van der Waals surface area contributed by atoms with Gasteiger partial charge in [-0.2, -0.15) is 0 Å². The Balaban J connectivity index is 1.86. The van der Waals surface area contributed by atoms with Crippen molar-refractivity contribution >= 4 is 10.8 Å². The van der Waals surface area contributed by atoms with E-state index in [0.29, 0.717) is 5.92 Å². The standard InChI is InChI=1S/C15H16O/c16-15(13-7-8-13)10-11-5-6-12-3-1-2-4-14(12)9-11/h1-6,9,13,15-16H,7-8,10H2. The quantitative estimate of drug-likeness (QED) is 0.828. The summed E-state index contributed by atoms with van der Waals surface area (Å²) in [6, 6.07) is 14.8. The molecule has 2 aromatic rings. The molecule has 1 aliphatic carbocycles. The minimum absolute atomic E-state index is 0.138. The molecule has 1 N–H and O–H groups in total. The van der Waals surface area contributed by atoms with Crippen LogP contribution in [0.3, 0.4) is 0 Å². The molecule has 0 aromatic heterocycles. The van der Waals surface area contributed by atoms with Gasteiger partial charge in [0, 0.05) is 0 Å². The molecule has 2 aromatic carbocycles. The Labute approximate surface area is 95.7 Å². The SMILES string of the molecule is OC(Cc1ccc2ccccc2c1)C1CC1. The van der Waals surface area contributed by atoms with E-state index in [1.807, 2.05) is 0 Å². The highest BCUT2D eigenvalue weighted by Crippen LogP contribution is 2.34. The summed E-state index contributed by atoms with van der Waals surface area (Å²) in [4.78, 5) is 0. The van der Waals surface area contributed by atoms with Crippen molar-refractivity contribution in [1.82, 2.24) is 0 Å². The van der Waals surface area contributed by atoms with E-state index in [9.17, 15) is 5.11 Å². The molecule has 1 heteroatoms. The zero-order valence-corrected chi connectivity index (χ0v) is 9.26. The zero-order valence-electron chi connectivity index (χ0n) is 9.26. The maximum atomic E-state index is 9.91. The molecule has 82 valence electrons. The van der Waals surface area contributed by atoms with Crippen molar-refractivity contribution in [2.24, 2.45) is 5.92 Å². The Bertz CT molecular complexity index is 500. The van der Waals surface area contributed by atoms with Crippen molar-refractivity contribution in [2.75, 3.05) is 0 Å². The molecule has 1 aliphatic rings. The number of fused-ring (bicyclic) bond motifs is 1. The molecule has 0 heterocycles. The van der Waals surface area contributed by atoms with E-state index in [4.69, 9.17) is 0 Å². The van der Waals surface area contributed by atoms with Crippen LogP contribution in [-0.2, 0) is 6.42 Å². The van der Waals surface area contributed by atoms with Gasteiger partial charge in [0.05, 0.1) is 6.10 Å². The summed E-state index contributed by atoms with van der Waals surface area (Å²) in [5, 5.41) is 12.5. The van der Waals surface area contributed by atoms with Gasteiger partial charge >= 0.3 is 0 Å². The van der Waals surface area contributed by atoms with Gasteiger partial charge in [0.15, 0.2) is 0 Å². The van der Waals surface area contributed by atoms with E-state index in [1.54, 1.807) is 0 Å². The van der Waals surface area contributed by atoms with Gasteiger partial charge in [0.25, 0.3) is 0 Å². The highest BCUT2D eigenvalue weighted by atomic mass is 16.3. The van der Waals surface area contributed by atoms with Crippen LogP contribution in [0.25, 0.3) is 10.8 Å². The lowest BCUT2D eigenvalue weighted by atomic mass is 10.0. The van der Waals surface area contributed by atoms with Crippen LogP contribution < -0.4 is 0 Å². The van der Waals surface area contributed by atoms with E-state index >= 15 is 0 Å². The normalized spacial score (nSPS) is 17.6. The van der Waals surface area contributed by atoms with Crippen molar-refractivity contribution in [3.8, 4) is 0 Å². The molecular formula is C15H16O. The second-order valence-electron chi connectivity index (χ2n) is 4.79. The predicted octanol–water partition coefficient (Wildman–Crippen LogP) is 3.15. The molecule has 16 heavy (non-hydrogen) atoms. The molecule has 0 bridgehead atoms. The minimum Gasteiger partial charge on any atom is -0.392 e. The summed E-state index contributed by atoms with van der Waals surface area (Å²) in [6.07, 6.45) is 3.07. The number of aliphatic hydroxyl groups excluding tert-OH is 1. The smallest absolute Gasteiger partial charge is 0.0608 e. The summed E-state index contributed by atoms with van der Waals surface area (Å²) in [6.45, 7) is 0. The first-order valence-electron chi connectivity index (χ1n) is 5.99. The fraction of sp³-hybridized carbons (Fsp3) is 0.333. The van der Waals surface area contributed by atoms with Crippen molar-refractivity contribution in [3.05, 3.63) is 48.0 Å². The molecule has 1 fully saturated rings. The third-order valence-electron chi connectivity index (χ3n) is 3.42.